The maximum absolute atomic E-state index is 12.0. The van der Waals surface area contributed by atoms with Crippen molar-refractivity contribution in [1.29, 1.82) is 0 Å². The lowest BCUT2D eigenvalue weighted by molar-refractivity contribution is -0.125. The maximum Gasteiger partial charge on any atom is 0.225 e. The van der Waals surface area contributed by atoms with Crippen molar-refractivity contribution in [2.24, 2.45) is 5.92 Å². The molecule has 1 atom stereocenters. The van der Waals surface area contributed by atoms with Crippen LogP contribution >= 0.6 is 0 Å². The van der Waals surface area contributed by atoms with Gasteiger partial charge < -0.3 is 15.0 Å². The largest absolute Gasteiger partial charge is 0.381 e. The van der Waals surface area contributed by atoms with Crippen molar-refractivity contribution < 1.29 is 9.53 Å². The van der Waals surface area contributed by atoms with Crippen molar-refractivity contribution in [3.05, 3.63) is 65.2 Å². The molecule has 2 heterocycles. The molecule has 2 aliphatic heterocycles. The number of carbonyl (C=O) groups excluding carboxylic acids is 1. The second kappa shape index (κ2) is 7.28. The van der Waals surface area contributed by atoms with Crippen LogP contribution in [0.15, 0.2) is 48.5 Å². The van der Waals surface area contributed by atoms with E-state index >= 15 is 0 Å². The molecule has 1 fully saturated rings. The number of amides is 1. The van der Waals surface area contributed by atoms with E-state index in [1.54, 1.807) is 0 Å². The summed E-state index contributed by atoms with van der Waals surface area (Å²) in [4.78, 5) is 14.5. The van der Waals surface area contributed by atoms with Crippen LogP contribution in [0.25, 0.3) is 0 Å². The lowest BCUT2D eigenvalue weighted by Gasteiger charge is -2.19. The molecule has 1 amide bonds. The van der Waals surface area contributed by atoms with Crippen LogP contribution in [-0.4, -0.2) is 25.7 Å². The van der Waals surface area contributed by atoms with Crippen molar-refractivity contribution >= 4 is 11.6 Å². The van der Waals surface area contributed by atoms with Crippen LogP contribution < -0.4 is 10.2 Å². The molecule has 130 valence electrons. The number of carbonyl (C=O) groups is 1. The van der Waals surface area contributed by atoms with E-state index in [1.807, 2.05) is 0 Å². The molecular weight excluding hydrogens is 312 g/mol. The van der Waals surface area contributed by atoms with Gasteiger partial charge in [-0.15, -0.1) is 0 Å². The molecule has 0 spiro atoms. The van der Waals surface area contributed by atoms with Crippen LogP contribution in [-0.2, 0) is 29.0 Å². The number of fused-ring (bicyclic) bond motifs is 1. The molecule has 0 saturated carbocycles. The lowest BCUT2D eigenvalue weighted by Crippen LogP contribution is -2.30. The first-order valence-electron chi connectivity index (χ1n) is 9.06. The molecule has 25 heavy (non-hydrogen) atoms. The Morgan fingerprint density at radius 3 is 2.72 bits per heavy atom. The maximum atomic E-state index is 12.0. The Hall–Kier alpha value is -2.33. The topological polar surface area (TPSA) is 41.6 Å². The van der Waals surface area contributed by atoms with Crippen LogP contribution in [0, 0.1) is 5.92 Å². The highest BCUT2D eigenvalue weighted by Gasteiger charge is 2.23. The number of para-hydroxylation sites is 1. The van der Waals surface area contributed by atoms with Crippen LogP contribution in [0.4, 0.5) is 5.69 Å². The fourth-order valence-corrected chi connectivity index (χ4v) is 3.63. The number of nitrogens with zero attached hydrogens (tertiary/aromatic N) is 1. The molecule has 2 aromatic rings. The molecule has 1 saturated heterocycles. The standard InChI is InChI=1S/C21H24N2O2/c24-21(19-10-12-25-15-19)22-13-16-5-7-17(8-6-16)14-23-11-9-18-3-1-2-4-20(18)23/h1-8,19H,9-15H2,(H,22,24)/t19-/m0/s1. The van der Waals surface area contributed by atoms with Gasteiger partial charge in [0.05, 0.1) is 12.5 Å². The predicted octanol–water partition coefficient (Wildman–Crippen LogP) is 2.90. The zero-order chi connectivity index (χ0) is 17.1. The minimum atomic E-state index is 0.0227. The van der Waals surface area contributed by atoms with Gasteiger partial charge in [0.15, 0.2) is 0 Å². The van der Waals surface area contributed by atoms with Gasteiger partial charge in [-0.1, -0.05) is 42.5 Å². The summed E-state index contributed by atoms with van der Waals surface area (Å²) in [6.07, 6.45) is 1.97. The highest BCUT2D eigenvalue weighted by molar-refractivity contribution is 5.78. The monoisotopic (exact) mass is 336 g/mol. The molecule has 0 radical (unpaired) electrons. The quantitative estimate of drug-likeness (QED) is 0.913. The van der Waals surface area contributed by atoms with E-state index < -0.39 is 0 Å². The molecule has 2 aromatic carbocycles. The first-order valence-corrected chi connectivity index (χ1v) is 9.06. The smallest absolute Gasteiger partial charge is 0.225 e. The molecule has 4 nitrogen and oxygen atoms in total. The van der Waals surface area contributed by atoms with Crippen LogP contribution in [0.1, 0.15) is 23.1 Å². The lowest BCUT2D eigenvalue weighted by atomic mass is 10.1. The van der Waals surface area contributed by atoms with Gasteiger partial charge in [0.1, 0.15) is 0 Å². The number of hydrogen-bond acceptors (Lipinski definition) is 3. The summed E-state index contributed by atoms with van der Waals surface area (Å²) in [7, 11) is 0. The zero-order valence-electron chi connectivity index (χ0n) is 14.4. The Balaban J connectivity index is 1.32. The Kier molecular flexibility index (Phi) is 4.70. The van der Waals surface area contributed by atoms with Gasteiger partial charge in [-0.2, -0.15) is 0 Å². The van der Waals surface area contributed by atoms with Crippen LogP contribution in [0.3, 0.4) is 0 Å². The average Bonchev–Trinajstić information content (AvgIpc) is 3.32. The van der Waals surface area contributed by atoms with Crippen molar-refractivity contribution in [3.8, 4) is 0 Å². The third kappa shape index (κ3) is 3.69. The van der Waals surface area contributed by atoms with Crippen LogP contribution in [0.5, 0.6) is 0 Å². The van der Waals surface area contributed by atoms with Crippen molar-refractivity contribution in [2.75, 3.05) is 24.7 Å². The first-order chi connectivity index (χ1) is 12.3. The molecule has 0 bridgehead atoms. The summed E-state index contributed by atoms with van der Waals surface area (Å²) in [6.45, 7) is 3.86. The second-order valence-corrected chi connectivity index (χ2v) is 6.90. The number of benzene rings is 2. The Labute approximate surface area is 148 Å². The number of nitrogens with one attached hydrogen (secondary N) is 1. The highest BCUT2D eigenvalue weighted by Crippen LogP contribution is 2.28. The third-order valence-corrected chi connectivity index (χ3v) is 5.15. The number of ether oxygens (including phenoxy) is 1. The SMILES string of the molecule is O=C(NCc1ccc(CN2CCc3ccccc32)cc1)[C@H]1CCOC1. The Bertz CT molecular complexity index is 736. The third-order valence-electron chi connectivity index (χ3n) is 5.15. The van der Waals surface area contributed by atoms with E-state index in [2.05, 4.69) is 58.7 Å². The van der Waals surface area contributed by atoms with E-state index in [4.69, 9.17) is 4.74 Å². The molecule has 0 aromatic heterocycles. The first kappa shape index (κ1) is 16.2. The summed E-state index contributed by atoms with van der Waals surface area (Å²) in [5.41, 5.74) is 5.24. The molecule has 4 heteroatoms. The summed E-state index contributed by atoms with van der Waals surface area (Å²) in [5, 5.41) is 3.02. The molecule has 0 unspecified atom stereocenters. The number of anilines is 1. The number of rotatable bonds is 5. The summed E-state index contributed by atoms with van der Waals surface area (Å²) in [6, 6.07) is 17.2. The van der Waals surface area contributed by atoms with Gasteiger partial charge in [-0.05, 0) is 35.6 Å². The van der Waals surface area contributed by atoms with Gasteiger partial charge >= 0.3 is 0 Å². The van der Waals surface area contributed by atoms with E-state index in [9.17, 15) is 4.79 Å². The van der Waals surface area contributed by atoms with Gasteiger partial charge in [-0.25, -0.2) is 0 Å². The Morgan fingerprint density at radius 2 is 1.92 bits per heavy atom. The summed E-state index contributed by atoms with van der Waals surface area (Å²) < 4.78 is 5.27. The second-order valence-electron chi connectivity index (χ2n) is 6.90. The van der Waals surface area contributed by atoms with E-state index in [0.717, 1.165) is 31.5 Å². The average molecular weight is 336 g/mol. The van der Waals surface area contributed by atoms with E-state index in [0.29, 0.717) is 19.8 Å². The number of hydrogen-bond donors (Lipinski definition) is 1. The molecule has 1 N–H and O–H groups in total. The molecule has 2 aliphatic rings. The molecule has 4 rings (SSSR count). The van der Waals surface area contributed by atoms with Gasteiger partial charge in [0, 0.05) is 31.9 Å². The Morgan fingerprint density at radius 1 is 1.12 bits per heavy atom. The van der Waals surface area contributed by atoms with Crippen molar-refractivity contribution in [2.45, 2.75) is 25.9 Å². The van der Waals surface area contributed by atoms with Crippen LogP contribution in [0.2, 0.25) is 0 Å². The van der Waals surface area contributed by atoms with Gasteiger partial charge in [-0.3, -0.25) is 4.79 Å². The molecular formula is C21H24N2O2. The van der Waals surface area contributed by atoms with E-state index in [-0.39, 0.29) is 11.8 Å². The fraction of sp³-hybridized carbons (Fsp3) is 0.381. The highest BCUT2D eigenvalue weighted by atomic mass is 16.5. The molecule has 0 aliphatic carbocycles. The zero-order valence-corrected chi connectivity index (χ0v) is 14.4. The van der Waals surface area contributed by atoms with Gasteiger partial charge in [0.2, 0.25) is 5.91 Å². The van der Waals surface area contributed by atoms with Crippen molar-refractivity contribution in [3.63, 3.8) is 0 Å². The predicted molar refractivity (Wildman–Crippen MR) is 98.4 cm³/mol. The minimum Gasteiger partial charge on any atom is -0.381 e. The van der Waals surface area contributed by atoms with Crippen molar-refractivity contribution in [1.82, 2.24) is 5.32 Å². The summed E-state index contributed by atoms with van der Waals surface area (Å²) >= 11 is 0. The van der Waals surface area contributed by atoms with Gasteiger partial charge in [0.25, 0.3) is 0 Å². The normalized spacial score (nSPS) is 19.0. The summed E-state index contributed by atoms with van der Waals surface area (Å²) in [5.74, 6) is 0.129. The fourth-order valence-electron chi connectivity index (χ4n) is 3.63. The van der Waals surface area contributed by atoms with E-state index in [1.165, 1.54) is 16.8 Å². The minimum absolute atomic E-state index is 0.0227.